The van der Waals surface area contributed by atoms with Gasteiger partial charge in [-0.3, -0.25) is 14.4 Å². The number of primary amides is 1. The standard InChI is InChI=1S/C24H27N3O3/c25-23(29)17-11-13-27(14-12-17)24(30)20-7-3-4-8-21(20)26-22(28)15-18-10-9-16-5-1-2-6-19(16)18/h1-8,17-18H,9-15H2,(H2,25,29)(H,26,28). The van der Waals surface area contributed by atoms with Gasteiger partial charge in [-0.2, -0.15) is 0 Å². The maximum absolute atomic E-state index is 13.0. The van der Waals surface area contributed by atoms with Crippen molar-refractivity contribution in [1.82, 2.24) is 4.90 Å². The number of carbonyl (C=O) groups excluding carboxylic acids is 3. The molecule has 1 fully saturated rings. The molecule has 3 amide bonds. The number of fused-ring (bicyclic) bond motifs is 1. The highest BCUT2D eigenvalue weighted by Crippen LogP contribution is 2.35. The number of rotatable bonds is 5. The lowest BCUT2D eigenvalue weighted by molar-refractivity contribution is -0.123. The number of hydrogen-bond donors (Lipinski definition) is 2. The average molecular weight is 405 g/mol. The Kier molecular flexibility index (Phi) is 5.84. The molecule has 0 radical (unpaired) electrons. The van der Waals surface area contributed by atoms with Gasteiger partial charge in [0.05, 0.1) is 11.3 Å². The summed E-state index contributed by atoms with van der Waals surface area (Å²) in [4.78, 5) is 38.9. The molecule has 1 aliphatic heterocycles. The molecule has 2 aromatic carbocycles. The van der Waals surface area contributed by atoms with Crippen LogP contribution in [-0.2, 0) is 16.0 Å². The van der Waals surface area contributed by atoms with Crippen LogP contribution < -0.4 is 11.1 Å². The van der Waals surface area contributed by atoms with E-state index in [2.05, 4.69) is 17.4 Å². The van der Waals surface area contributed by atoms with Crippen LogP contribution in [0.4, 0.5) is 5.69 Å². The lowest BCUT2D eigenvalue weighted by atomic mass is 9.95. The van der Waals surface area contributed by atoms with E-state index in [0.717, 1.165) is 12.8 Å². The van der Waals surface area contributed by atoms with Crippen LogP contribution in [0.3, 0.4) is 0 Å². The summed E-state index contributed by atoms with van der Waals surface area (Å²) in [6, 6.07) is 15.4. The minimum Gasteiger partial charge on any atom is -0.369 e. The van der Waals surface area contributed by atoms with Gasteiger partial charge in [-0.05, 0) is 54.9 Å². The Morgan fingerprint density at radius 1 is 0.967 bits per heavy atom. The first-order valence-electron chi connectivity index (χ1n) is 10.6. The van der Waals surface area contributed by atoms with Gasteiger partial charge in [0.25, 0.3) is 5.91 Å². The molecule has 1 aliphatic carbocycles. The van der Waals surface area contributed by atoms with Crippen LogP contribution >= 0.6 is 0 Å². The topological polar surface area (TPSA) is 92.5 Å². The predicted octanol–water partition coefficient (Wildman–Crippen LogP) is 3.08. The van der Waals surface area contributed by atoms with Gasteiger partial charge in [-0.25, -0.2) is 0 Å². The molecular weight excluding hydrogens is 378 g/mol. The maximum Gasteiger partial charge on any atom is 0.255 e. The number of nitrogens with zero attached hydrogens (tertiary/aromatic N) is 1. The summed E-state index contributed by atoms with van der Waals surface area (Å²) in [5.41, 5.74) is 8.99. The van der Waals surface area contributed by atoms with E-state index in [4.69, 9.17) is 5.73 Å². The van der Waals surface area contributed by atoms with E-state index < -0.39 is 0 Å². The van der Waals surface area contributed by atoms with Crippen LogP contribution in [0, 0.1) is 5.92 Å². The number of likely N-dealkylation sites (tertiary alicyclic amines) is 1. The Bertz CT molecular complexity index is 964. The highest BCUT2D eigenvalue weighted by molar-refractivity contribution is 6.04. The van der Waals surface area contributed by atoms with Crippen LogP contribution in [0.1, 0.15) is 53.1 Å². The fourth-order valence-corrected chi connectivity index (χ4v) is 4.60. The number of hydrogen-bond acceptors (Lipinski definition) is 3. The Morgan fingerprint density at radius 2 is 1.67 bits per heavy atom. The van der Waals surface area contributed by atoms with Crippen molar-refractivity contribution >= 4 is 23.4 Å². The lowest BCUT2D eigenvalue weighted by Crippen LogP contribution is -2.42. The van der Waals surface area contributed by atoms with Gasteiger partial charge in [0, 0.05) is 25.4 Å². The van der Waals surface area contributed by atoms with Crippen LogP contribution in [-0.4, -0.2) is 35.7 Å². The molecule has 1 saturated heterocycles. The monoisotopic (exact) mass is 405 g/mol. The molecule has 3 N–H and O–H groups in total. The van der Waals surface area contributed by atoms with E-state index in [1.165, 1.54) is 11.1 Å². The first-order chi connectivity index (χ1) is 14.5. The summed E-state index contributed by atoms with van der Waals surface area (Å²) < 4.78 is 0. The predicted molar refractivity (Wildman–Crippen MR) is 115 cm³/mol. The Hall–Kier alpha value is -3.15. The number of nitrogens with two attached hydrogens (primary N) is 1. The zero-order valence-electron chi connectivity index (χ0n) is 17.0. The van der Waals surface area contributed by atoms with Gasteiger partial charge in [-0.1, -0.05) is 36.4 Å². The summed E-state index contributed by atoms with van der Waals surface area (Å²) in [6.45, 7) is 0.987. The molecule has 6 heteroatoms. The molecule has 1 heterocycles. The number of para-hydroxylation sites is 1. The lowest BCUT2D eigenvalue weighted by Gasteiger charge is -2.31. The second-order valence-electron chi connectivity index (χ2n) is 8.20. The van der Waals surface area contributed by atoms with E-state index in [1.54, 1.807) is 23.1 Å². The quantitative estimate of drug-likeness (QED) is 0.801. The Morgan fingerprint density at radius 3 is 2.43 bits per heavy atom. The van der Waals surface area contributed by atoms with Crippen LogP contribution in [0.2, 0.25) is 0 Å². The number of amides is 3. The van der Waals surface area contributed by atoms with Gasteiger partial charge >= 0.3 is 0 Å². The number of nitrogens with one attached hydrogen (secondary N) is 1. The highest BCUT2D eigenvalue weighted by atomic mass is 16.2. The van der Waals surface area contributed by atoms with Crippen LogP contribution in [0.5, 0.6) is 0 Å². The summed E-state index contributed by atoms with van der Waals surface area (Å²) in [5, 5.41) is 2.95. The van der Waals surface area contributed by atoms with Crippen molar-refractivity contribution in [2.75, 3.05) is 18.4 Å². The molecule has 0 bridgehead atoms. The zero-order valence-corrected chi connectivity index (χ0v) is 17.0. The van der Waals surface area contributed by atoms with Gasteiger partial charge in [-0.15, -0.1) is 0 Å². The number of benzene rings is 2. The van der Waals surface area contributed by atoms with Crippen molar-refractivity contribution in [2.24, 2.45) is 11.7 Å². The zero-order chi connectivity index (χ0) is 21.1. The van der Waals surface area contributed by atoms with E-state index >= 15 is 0 Å². The molecule has 0 aromatic heterocycles. The van der Waals surface area contributed by atoms with Gasteiger partial charge in [0.1, 0.15) is 0 Å². The molecule has 1 atom stereocenters. The number of aryl methyl sites for hydroxylation is 1. The fraction of sp³-hybridized carbons (Fsp3) is 0.375. The molecule has 156 valence electrons. The maximum atomic E-state index is 13.0. The van der Waals surface area contributed by atoms with Gasteiger partial charge < -0.3 is 16.0 Å². The summed E-state index contributed by atoms with van der Waals surface area (Å²) in [5.74, 6) is -0.456. The molecule has 0 saturated carbocycles. The Balaban J connectivity index is 1.42. The van der Waals surface area contributed by atoms with E-state index in [0.29, 0.717) is 43.6 Å². The third-order valence-corrected chi connectivity index (χ3v) is 6.30. The largest absolute Gasteiger partial charge is 0.369 e. The molecule has 30 heavy (non-hydrogen) atoms. The van der Waals surface area contributed by atoms with Gasteiger partial charge in [0.2, 0.25) is 11.8 Å². The van der Waals surface area contributed by atoms with Crippen LogP contribution in [0.25, 0.3) is 0 Å². The minimum atomic E-state index is -0.303. The van der Waals surface area contributed by atoms with Crippen molar-refractivity contribution < 1.29 is 14.4 Å². The van der Waals surface area contributed by atoms with Crippen molar-refractivity contribution in [1.29, 1.82) is 0 Å². The molecule has 2 aromatic rings. The first kappa shape index (κ1) is 20.1. The molecule has 0 spiro atoms. The van der Waals surface area contributed by atoms with E-state index in [-0.39, 0.29) is 29.6 Å². The van der Waals surface area contributed by atoms with Crippen LogP contribution in [0.15, 0.2) is 48.5 Å². The molecule has 4 rings (SSSR count). The Labute approximate surface area is 176 Å². The van der Waals surface area contributed by atoms with Crippen molar-refractivity contribution in [2.45, 2.75) is 38.0 Å². The minimum absolute atomic E-state index is 0.0793. The normalized spacial score (nSPS) is 18.7. The summed E-state index contributed by atoms with van der Waals surface area (Å²) in [7, 11) is 0. The van der Waals surface area contributed by atoms with Crippen molar-refractivity contribution in [3.63, 3.8) is 0 Å². The number of anilines is 1. The fourth-order valence-electron chi connectivity index (χ4n) is 4.60. The SMILES string of the molecule is NC(=O)C1CCN(C(=O)c2ccccc2NC(=O)CC2CCc3ccccc32)CC1. The first-order valence-corrected chi connectivity index (χ1v) is 10.6. The summed E-state index contributed by atoms with van der Waals surface area (Å²) in [6.07, 6.45) is 3.55. The second kappa shape index (κ2) is 8.69. The van der Waals surface area contributed by atoms with Gasteiger partial charge in [0.15, 0.2) is 0 Å². The average Bonchev–Trinajstić information content (AvgIpc) is 3.16. The molecule has 1 unspecified atom stereocenters. The smallest absolute Gasteiger partial charge is 0.255 e. The molecular formula is C24H27N3O3. The highest BCUT2D eigenvalue weighted by Gasteiger charge is 2.28. The number of piperidine rings is 1. The third-order valence-electron chi connectivity index (χ3n) is 6.30. The molecule has 6 nitrogen and oxygen atoms in total. The third kappa shape index (κ3) is 4.22. The van der Waals surface area contributed by atoms with Crippen molar-refractivity contribution in [3.8, 4) is 0 Å². The van der Waals surface area contributed by atoms with E-state index in [9.17, 15) is 14.4 Å². The number of carbonyl (C=O) groups is 3. The summed E-state index contributed by atoms with van der Waals surface area (Å²) >= 11 is 0. The van der Waals surface area contributed by atoms with E-state index in [1.807, 2.05) is 18.2 Å². The van der Waals surface area contributed by atoms with Crippen molar-refractivity contribution in [3.05, 3.63) is 65.2 Å². The second-order valence-corrected chi connectivity index (χ2v) is 8.20. The molecule has 2 aliphatic rings.